The average molecular weight is 315 g/mol. The third-order valence-electron chi connectivity index (χ3n) is 3.11. The Hall–Kier alpha value is -1.34. The lowest BCUT2D eigenvalue weighted by atomic mass is 10.1. The van der Waals surface area contributed by atoms with Crippen LogP contribution in [0.2, 0.25) is 0 Å². The van der Waals surface area contributed by atoms with Gasteiger partial charge in [-0.1, -0.05) is 6.07 Å². The second-order valence-electron chi connectivity index (χ2n) is 4.72. The Morgan fingerprint density at radius 2 is 2.20 bits per heavy atom. The van der Waals surface area contributed by atoms with Crippen molar-refractivity contribution < 1.29 is 17.9 Å². The molecule has 5 nitrogen and oxygen atoms in total. The van der Waals surface area contributed by atoms with Crippen LogP contribution in [-0.2, 0) is 9.84 Å². The van der Waals surface area contributed by atoms with Gasteiger partial charge >= 0.3 is 0 Å². The molecule has 0 spiro atoms. The summed E-state index contributed by atoms with van der Waals surface area (Å²) in [5.41, 5.74) is 0. The van der Waals surface area contributed by atoms with Crippen LogP contribution >= 0.6 is 12.2 Å². The lowest BCUT2D eigenvalue weighted by molar-refractivity contribution is 0.411. The fraction of sp³-hybridized carbons (Fsp3) is 0.462. The van der Waals surface area contributed by atoms with Gasteiger partial charge < -0.3 is 14.8 Å². The van der Waals surface area contributed by atoms with E-state index in [0.29, 0.717) is 24.5 Å². The molecule has 0 bridgehead atoms. The van der Waals surface area contributed by atoms with Crippen molar-refractivity contribution in [2.45, 2.75) is 6.42 Å². The van der Waals surface area contributed by atoms with E-state index in [2.05, 4.69) is 5.32 Å². The highest BCUT2D eigenvalue weighted by Crippen LogP contribution is 2.19. The predicted octanol–water partition coefficient (Wildman–Crippen LogP) is 1.38. The molecular weight excluding hydrogens is 298 g/mol. The molecule has 110 valence electrons. The average Bonchev–Trinajstić information content (AvgIpc) is 2.76. The number of nitrogens with one attached hydrogen (secondary N) is 1. The SMILES string of the molecule is COc1cccc(OC(=S)NCC2CCS(=O)(=O)C2)c1. The van der Waals surface area contributed by atoms with E-state index in [-0.39, 0.29) is 22.6 Å². The van der Waals surface area contributed by atoms with Crippen LogP contribution in [0.1, 0.15) is 6.42 Å². The van der Waals surface area contributed by atoms with Gasteiger partial charge in [-0.25, -0.2) is 8.42 Å². The van der Waals surface area contributed by atoms with Crippen LogP contribution in [0.5, 0.6) is 11.5 Å². The molecule has 0 radical (unpaired) electrons. The monoisotopic (exact) mass is 315 g/mol. The molecule has 1 atom stereocenters. The second-order valence-corrected chi connectivity index (χ2v) is 7.32. The summed E-state index contributed by atoms with van der Waals surface area (Å²) in [6.07, 6.45) is 0.678. The number of methoxy groups -OCH3 is 1. The molecule has 20 heavy (non-hydrogen) atoms. The van der Waals surface area contributed by atoms with Crippen LogP contribution in [0, 0.1) is 5.92 Å². The number of ether oxygens (including phenoxy) is 2. The minimum atomic E-state index is -2.85. The van der Waals surface area contributed by atoms with Gasteiger partial charge in [0.1, 0.15) is 11.5 Å². The van der Waals surface area contributed by atoms with E-state index in [0.717, 1.165) is 0 Å². The van der Waals surface area contributed by atoms with E-state index >= 15 is 0 Å². The zero-order valence-electron chi connectivity index (χ0n) is 11.2. The molecule has 1 unspecified atom stereocenters. The maximum atomic E-state index is 11.3. The van der Waals surface area contributed by atoms with E-state index < -0.39 is 9.84 Å². The first kappa shape index (κ1) is 15.1. The molecule has 2 rings (SSSR count). The van der Waals surface area contributed by atoms with Gasteiger partial charge in [0.05, 0.1) is 18.6 Å². The summed E-state index contributed by atoms with van der Waals surface area (Å²) in [6, 6.07) is 7.12. The third kappa shape index (κ3) is 4.35. The fourth-order valence-electron chi connectivity index (χ4n) is 2.07. The van der Waals surface area contributed by atoms with E-state index in [1.807, 2.05) is 6.07 Å². The summed E-state index contributed by atoms with van der Waals surface area (Å²) in [6.45, 7) is 0.516. The van der Waals surface area contributed by atoms with Crippen LogP contribution in [0.25, 0.3) is 0 Å². The van der Waals surface area contributed by atoms with Crippen molar-refractivity contribution in [1.82, 2.24) is 5.32 Å². The summed E-state index contributed by atoms with van der Waals surface area (Å²) < 4.78 is 33.2. The minimum absolute atomic E-state index is 0.104. The number of sulfone groups is 1. The number of hydrogen-bond acceptors (Lipinski definition) is 5. The predicted molar refractivity (Wildman–Crippen MR) is 81.0 cm³/mol. The summed E-state index contributed by atoms with van der Waals surface area (Å²) in [7, 11) is -1.27. The lowest BCUT2D eigenvalue weighted by Crippen LogP contribution is -2.31. The van der Waals surface area contributed by atoms with Crippen molar-refractivity contribution in [3.8, 4) is 11.5 Å². The van der Waals surface area contributed by atoms with Crippen molar-refractivity contribution >= 4 is 27.2 Å². The number of hydrogen-bond donors (Lipinski definition) is 1. The summed E-state index contributed by atoms with van der Waals surface area (Å²) in [5, 5.41) is 3.19. The molecule has 0 aliphatic carbocycles. The Balaban J connectivity index is 1.81. The maximum absolute atomic E-state index is 11.3. The van der Waals surface area contributed by atoms with Crippen LogP contribution in [0.4, 0.5) is 0 Å². The van der Waals surface area contributed by atoms with E-state index in [1.165, 1.54) is 0 Å². The molecule has 1 saturated heterocycles. The molecule has 0 amide bonds. The molecule has 1 aliphatic heterocycles. The van der Waals surface area contributed by atoms with Crippen LogP contribution < -0.4 is 14.8 Å². The van der Waals surface area contributed by atoms with Crippen molar-refractivity contribution in [2.75, 3.05) is 25.2 Å². The first-order valence-corrected chi connectivity index (χ1v) is 8.51. The minimum Gasteiger partial charge on any atom is -0.497 e. The Kier molecular flexibility index (Phi) is 4.82. The van der Waals surface area contributed by atoms with Gasteiger partial charge in [0.15, 0.2) is 9.84 Å². The van der Waals surface area contributed by atoms with Crippen molar-refractivity contribution in [2.24, 2.45) is 5.92 Å². The van der Waals surface area contributed by atoms with Crippen molar-refractivity contribution in [1.29, 1.82) is 0 Å². The summed E-state index contributed by atoms with van der Waals surface area (Å²) >= 11 is 5.08. The normalized spacial score (nSPS) is 20.4. The Labute approximate surface area is 124 Å². The smallest absolute Gasteiger partial charge is 0.262 e. The third-order valence-corrected chi connectivity index (χ3v) is 5.18. The highest BCUT2D eigenvalue weighted by atomic mass is 32.2. The maximum Gasteiger partial charge on any atom is 0.262 e. The molecular formula is C13H17NO4S2. The molecule has 0 saturated carbocycles. The fourth-order valence-corrected chi connectivity index (χ4v) is 4.11. The second kappa shape index (κ2) is 6.41. The summed E-state index contributed by atoms with van der Waals surface area (Å²) in [4.78, 5) is 0. The standard InChI is InChI=1S/C13H17NO4S2/c1-17-11-3-2-4-12(7-11)18-13(19)14-8-10-5-6-20(15,16)9-10/h2-4,7,10H,5-6,8-9H2,1H3,(H,14,19). The van der Waals surface area contributed by atoms with Gasteiger partial charge in [-0.15, -0.1) is 0 Å². The molecule has 1 heterocycles. The van der Waals surface area contributed by atoms with Gasteiger partial charge in [-0.3, -0.25) is 0 Å². The molecule has 1 aromatic carbocycles. The molecule has 1 fully saturated rings. The number of benzene rings is 1. The van der Waals surface area contributed by atoms with Crippen LogP contribution in [-0.4, -0.2) is 38.8 Å². The quantitative estimate of drug-likeness (QED) is 0.847. The molecule has 1 N–H and O–H groups in total. The molecule has 7 heteroatoms. The topological polar surface area (TPSA) is 64.6 Å². The van der Waals surface area contributed by atoms with Gasteiger partial charge in [-0.05, 0) is 36.7 Å². The van der Waals surface area contributed by atoms with Gasteiger partial charge in [0.25, 0.3) is 5.17 Å². The first-order chi connectivity index (χ1) is 9.48. The van der Waals surface area contributed by atoms with Crippen molar-refractivity contribution in [3.63, 3.8) is 0 Å². The zero-order chi connectivity index (χ0) is 14.6. The largest absolute Gasteiger partial charge is 0.497 e. The molecule has 1 aliphatic rings. The van der Waals surface area contributed by atoms with E-state index in [9.17, 15) is 8.42 Å². The molecule has 0 aromatic heterocycles. The highest BCUT2D eigenvalue weighted by Gasteiger charge is 2.27. The van der Waals surface area contributed by atoms with Gasteiger partial charge in [0.2, 0.25) is 0 Å². The lowest BCUT2D eigenvalue weighted by Gasteiger charge is -2.12. The summed E-state index contributed by atoms with van der Waals surface area (Å²) in [5.74, 6) is 1.87. The Morgan fingerprint density at radius 3 is 2.85 bits per heavy atom. The van der Waals surface area contributed by atoms with E-state index in [4.69, 9.17) is 21.7 Å². The molecule has 1 aromatic rings. The van der Waals surface area contributed by atoms with Crippen LogP contribution in [0.3, 0.4) is 0 Å². The van der Waals surface area contributed by atoms with Crippen molar-refractivity contribution in [3.05, 3.63) is 24.3 Å². The number of thiocarbonyl (C=S) groups is 1. The van der Waals surface area contributed by atoms with Gasteiger partial charge in [-0.2, -0.15) is 0 Å². The van der Waals surface area contributed by atoms with Gasteiger partial charge in [0, 0.05) is 12.6 Å². The Bertz CT molecular complexity index is 586. The number of rotatable bonds is 4. The zero-order valence-corrected chi connectivity index (χ0v) is 12.8. The van der Waals surface area contributed by atoms with Crippen LogP contribution in [0.15, 0.2) is 24.3 Å². The highest BCUT2D eigenvalue weighted by molar-refractivity contribution is 7.91. The van der Waals surface area contributed by atoms with E-state index in [1.54, 1.807) is 25.3 Å². The Morgan fingerprint density at radius 1 is 1.45 bits per heavy atom. The first-order valence-electron chi connectivity index (χ1n) is 6.29.